The Labute approximate surface area is 134 Å². The first-order chi connectivity index (χ1) is 10.5. The average molecular weight is 351 g/mol. The van der Waals surface area contributed by atoms with Crippen LogP contribution in [0, 0.1) is 0 Å². The van der Waals surface area contributed by atoms with Crippen molar-refractivity contribution >= 4 is 16.1 Å². The first-order valence-electron chi connectivity index (χ1n) is 7.04. The number of rotatable bonds is 6. The van der Waals surface area contributed by atoms with Crippen LogP contribution in [-0.4, -0.2) is 42.7 Å². The summed E-state index contributed by atoms with van der Waals surface area (Å²) >= 11 is 0. The number of alkyl halides is 3. The SMILES string of the molecule is CCN(CC)S(=O)(=O)c1ccc(C=CC(C)(O)C(F)(F)F)cc1. The Hall–Kier alpha value is -1.38. The molecule has 8 heteroatoms. The lowest BCUT2D eigenvalue weighted by Crippen LogP contribution is -2.39. The van der Waals surface area contributed by atoms with Gasteiger partial charge in [0.2, 0.25) is 10.0 Å². The highest BCUT2D eigenvalue weighted by Gasteiger charge is 2.47. The van der Waals surface area contributed by atoms with Crippen molar-refractivity contribution < 1.29 is 26.7 Å². The van der Waals surface area contributed by atoms with E-state index in [0.29, 0.717) is 31.7 Å². The molecule has 0 amide bonds. The van der Waals surface area contributed by atoms with E-state index in [2.05, 4.69) is 0 Å². The Morgan fingerprint density at radius 2 is 1.61 bits per heavy atom. The van der Waals surface area contributed by atoms with Crippen molar-refractivity contribution in [1.82, 2.24) is 4.31 Å². The average Bonchev–Trinajstić information content (AvgIpc) is 2.45. The Morgan fingerprint density at radius 1 is 1.13 bits per heavy atom. The van der Waals surface area contributed by atoms with Crippen LogP contribution in [0.25, 0.3) is 6.08 Å². The van der Waals surface area contributed by atoms with Gasteiger partial charge >= 0.3 is 6.18 Å². The van der Waals surface area contributed by atoms with E-state index in [9.17, 15) is 26.7 Å². The van der Waals surface area contributed by atoms with E-state index < -0.39 is 21.8 Å². The molecule has 0 spiro atoms. The maximum absolute atomic E-state index is 12.5. The molecule has 23 heavy (non-hydrogen) atoms. The van der Waals surface area contributed by atoms with Crippen LogP contribution in [0.15, 0.2) is 35.2 Å². The number of aliphatic hydroxyl groups is 1. The second-order valence-electron chi connectivity index (χ2n) is 5.14. The molecule has 1 aromatic rings. The van der Waals surface area contributed by atoms with Gasteiger partial charge in [0, 0.05) is 13.1 Å². The molecule has 0 bridgehead atoms. The van der Waals surface area contributed by atoms with Crippen LogP contribution in [-0.2, 0) is 10.0 Å². The Bertz CT molecular complexity index is 646. The molecule has 0 aliphatic rings. The Morgan fingerprint density at radius 3 is 2.00 bits per heavy atom. The zero-order chi connectivity index (χ0) is 17.9. The predicted molar refractivity (Wildman–Crippen MR) is 82.3 cm³/mol. The number of hydrogen-bond donors (Lipinski definition) is 1. The fourth-order valence-corrected chi connectivity index (χ4v) is 3.27. The molecule has 1 N–H and O–H groups in total. The second kappa shape index (κ2) is 7.02. The molecule has 0 heterocycles. The highest BCUT2D eigenvalue weighted by atomic mass is 32.2. The fraction of sp³-hybridized carbons (Fsp3) is 0.467. The lowest BCUT2D eigenvalue weighted by Gasteiger charge is -2.22. The number of halogens is 3. The fourth-order valence-electron chi connectivity index (χ4n) is 1.82. The van der Waals surface area contributed by atoms with Gasteiger partial charge in [-0.1, -0.05) is 32.1 Å². The molecule has 0 saturated carbocycles. The van der Waals surface area contributed by atoms with Crippen LogP contribution in [0.1, 0.15) is 26.3 Å². The van der Waals surface area contributed by atoms with Crippen molar-refractivity contribution in [2.24, 2.45) is 0 Å². The molecule has 0 saturated heterocycles. The van der Waals surface area contributed by atoms with Crippen molar-refractivity contribution in [3.05, 3.63) is 35.9 Å². The third kappa shape index (κ3) is 4.55. The van der Waals surface area contributed by atoms with Gasteiger partial charge in [-0.25, -0.2) is 8.42 Å². The molecule has 0 aromatic heterocycles. The summed E-state index contributed by atoms with van der Waals surface area (Å²) in [6, 6.07) is 5.43. The van der Waals surface area contributed by atoms with Crippen LogP contribution >= 0.6 is 0 Å². The summed E-state index contributed by atoms with van der Waals surface area (Å²) in [4.78, 5) is 0.0703. The van der Waals surface area contributed by atoms with Crippen molar-refractivity contribution in [1.29, 1.82) is 0 Å². The van der Waals surface area contributed by atoms with E-state index in [1.54, 1.807) is 13.8 Å². The van der Waals surface area contributed by atoms with Gasteiger partial charge in [-0.05, 0) is 30.7 Å². The van der Waals surface area contributed by atoms with Gasteiger partial charge in [0.05, 0.1) is 4.90 Å². The van der Waals surface area contributed by atoms with Crippen molar-refractivity contribution in [3.63, 3.8) is 0 Å². The van der Waals surface area contributed by atoms with Crippen LogP contribution in [0.4, 0.5) is 13.2 Å². The standard InChI is InChI=1S/C15H20F3NO3S/c1-4-19(5-2)23(21,22)13-8-6-12(7-9-13)10-11-14(3,20)15(16,17)18/h6-11,20H,4-5H2,1-3H3. The van der Waals surface area contributed by atoms with Gasteiger partial charge < -0.3 is 5.11 Å². The maximum Gasteiger partial charge on any atom is 0.420 e. The van der Waals surface area contributed by atoms with E-state index >= 15 is 0 Å². The van der Waals surface area contributed by atoms with Crippen molar-refractivity contribution in [2.75, 3.05) is 13.1 Å². The van der Waals surface area contributed by atoms with E-state index in [0.717, 1.165) is 6.08 Å². The van der Waals surface area contributed by atoms with E-state index in [4.69, 9.17) is 0 Å². The number of nitrogens with zero attached hydrogens (tertiary/aromatic N) is 1. The van der Waals surface area contributed by atoms with Gasteiger partial charge in [-0.2, -0.15) is 17.5 Å². The lowest BCUT2D eigenvalue weighted by atomic mass is 10.0. The van der Waals surface area contributed by atoms with Crippen molar-refractivity contribution in [2.45, 2.75) is 37.4 Å². The first kappa shape index (κ1) is 19.7. The molecule has 1 rings (SSSR count). The molecular formula is C15H20F3NO3S. The van der Waals surface area contributed by atoms with Gasteiger partial charge in [0.1, 0.15) is 0 Å². The van der Waals surface area contributed by atoms with Gasteiger partial charge in [-0.15, -0.1) is 0 Å². The zero-order valence-electron chi connectivity index (χ0n) is 13.1. The highest BCUT2D eigenvalue weighted by molar-refractivity contribution is 7.89. The van der Waals surface area contributed by atoms with Gasteiger partial charge in [0.25, 0.3) is 0 Å². The molecule has 4 nitrogen and oxygen atoms in total. The summed E-state index contributed by atoms with van der Waals surface area (Å²) in [5, 5.41) is 9.32. The number of hydrogen-bond acceptors (Lipinski definition) is 3. The molecule has 0 aliphatic heterocycles. The predicted octanol–water partition coefficient (Wildman–Crippen LogP) is 3.04. The minimum absolute atomic E-state index is 0.0703. The lowest BCUT2D eigenvalue weighted by molar-refractivity contribution is -0.232. The second-order valence-corrected chi connectivity index (χ2v) is 7.07. The molecule has 0 radical (unpaired) electrons. The third-order valence-electron chi connectivity index (χ3n) is 3.40. The molecule has 1 unspecified atom stereocenters. The molecule has 1 aromatic carbocycles. The zero-order valence-corrected chi connectivity index (χ0v) is 13.9. The smallest absolute Gasteiger partial charge is 0.377 e. The highest BCUT2D eigenvalue weighted by Crippen LogP contribution is 2.31. The van der Waals surface area contributed by atoms with Crippen LogP contribution in [0.2, 0.25) is 0 Å². The summed E-state index contributed by atoms with van der Waals surface area (Å²) in [5.74, 6) is 0. The quantitative estimate of drug-likeness (QED) is 0.857. The molecule has 0 fully saturated rings. The Kier molecular flexibility index (Phi) is 6.00. The Balaban J connectivity index is 3.03. The molecule has 130 valence electrons. The maximum atomic E-state index is 12.5. The molecule has 1 atom stereocenters. The monoisotopic (exact) mass is 351 g/mol. The number of benzene rings is 1. The minimum atomic E-state index is -4.78. The summed E-state index contributed by atoms with van der Waals surface area (Å²) in [5.41, 5.74) is -2.59. The van der Waals surface area contributed by atoms with E-state index in [1.807, 2.05) is 0 Å². The minimum Gasteiger partial charge on any atom is -0.377 e. The summed E-state index contributed by atoms with van der Waals surface area (Å²) in [6.45, 7) is 4.74. The van der Waals surface area contributed by atoms with Crippen molar-refractivity contribution in [3.8, 4) is 0 Å². The largest absolute Gasteiger partial charge is 0.420 e. The topological polar surface area (TPSA) is 57.6 Å². The van der Waals surface area contributed by atoms with Crippen LogP contribution in [0.3, 0.4) is 0 Å². The van der Waals surface area contributed by atoms with Gasteiger partial charge in [-0.3, -0.25) is 0 Å². The molecular weight excluding hydrogens is 331 g/mol. The summed E-state index contributed by atoms with van der Waals surface area (Å²) in [6.07, 6.45) is -3.06. The third-order valence-corrected chi connectivity index (χ3v) is 5.46. The van der Waals surface area contributed by atoms with E-state index in [-0.39, 0.29) is 4.90 Å². The first-order valence-corrected chi connectivity index (χ1v) is 8.48. The normalized spacial score (nSPS) is 16.0. The van der Waals surface area contributed by atoms with Crippen LogP contribution < -0.4 is 0 Å². The summed E-state index contributed by atoms with van der Waals surface area (Å²) in [7, 11) is -3.60. The van der Waals surface area contributed by atoms with Crippen LogP contribution in [0.5, 0.6) is 0 Å². The van der Waals surface area contributed by atoms with E-state index in [1.165, 1.54) is 28.6 Å². The summed E-state index contributed by atoms with van der Waals surface area (Å²) < 4.78 is 63.4. The molecule has 0 aliphatic carbocycles. The number of sulfonamides is 1. The van der Waals surface area contributed by atoms with Gasteiger partial charge in [0.15, 0.2) is 5.60 Å².